The van der Waals surface area contributed by atoms with Gasteiger partial charge in [0.25, 0.3) is 0 Å². The Morgan fingerprint density at radius 3 is 2.29 bits per heavy atom. The molecule has 1 aliphatic heterocycles. The molecule has 25 heteroatoms. The molecule has 0 radical (unpaired) electrons. The number of nitrogens with zero attached hydrogens (tertiary/aromatic N) is 3. The Kier molecular flexibility index (Phi) is 26.2. The third-order valence-electron chi connectivity index (χ3n) is 10.3. The van der Waals surface area contributed by atoms with Gasteiger partial charge in [0.2, 0.25) is 35.4 Å². The maximum Gasteiger partial charge on any atom is 0.245 e. The fourth-order valence-electron chi connectivity index (χ4n) is 6.45. The van der Waals surface area contributed by atoms with Crippen LogP contribution in [0, 0.1) is 5.92 Å². The summed E-state index contributed by atoms with van der Waals surface area (Å²) in [5.41, 5.74) is 5.57. The van der Waals surface area contributed by atoms with Crippen LogP contribution in [-0.2, 0) is 49.5 Å². The molecule has 1 aliphatic rings. The Bertz CT molecular complexity index is 1680. The number of carbonyl (C=O) groups excluding carboxylic acids is 6. The first-order valence-corrected chi connectivity index (χ1v) is 22.6. The number of aromatic amines is 1. The number of ether oxygens (including phenoxy) is 2. The minimum atomic E-state index is -1.72. The summed E-state index contributed by atoms with van der Waals surface area (Å²) in [6, 6.07) is -5.44. The summed E-state index contributed by atoms with van der Waals surface area (Å²) in [5, 5.41) is 64.1. The zero-order valence-electron chi connectivity index (χ0n) is 38.4. The quantitative estimate of drug-likeness (QED) is 0.0142. The lowest BCUT2D eigenvalue weighted by Gasteiger charge is -2.29. The Labute approximate surface area is 390 Å². The van der Waals surface area contributed by atoms with Crippen molar-refractivity contribution in [2.24, 2.45) is 16.8 Å². The van der Waals surface area contributed by atoms with Crippen molar-refractivity contribution in [2.45, 2.75) is 133 Å². The van der Waals surface area contributed by atoms with Gasteiger partial charge in [-0.2, -0.15) is 12.6 Å². The van der Waals surface area contributed by atoms with Crippen LogP contribution in [0.25, 0.3) is 0 Å². The lowest BCUT2D eigenvalue weighted by atomic mass is 10.0. The summed E-state index contributed by atoms with van der Waals surface area (Å²) in [6.45, 7) is 8.26. The first-order chi connectivity index (χ1) is 31.2. The predicted molar refractivity (Wildman–Crippen MR) is 241 cm³/mol. The average Bonchev–Trinajstić information content (AvgIpc) is 4.00. The zero-order chi connectivity index (χ0) is 49.4. The molecular formula is C41H72N10O14S. The Hall–Kier alpha value is -4.47. The van der Waals surface area contributed by atoms with Crippen molar-refractivity contribution in [1.82, 2.24) is 41.5 Å². The molecule has 2 heterocycles. The summed E-state index contributed by atoms with van der Waals surface area (Å²) in [6.07, 6.45) is -0.230. The minimum absolute atomic E-state index is 0.000394. The molecule has 66 heavy (non-hydrogen) atoms. The Balaban J connectivity index is 1.98. The van der Waals surface area contributed by atoms with Crippen LogP contribution in [0.5, 0.6) is 0 Å². The highest BCUT2D eigenvalue weighted by Gasteiger charge is 2.37. The number of thiol groups is 1. The molecule has 6 amide bonds. The van der Waals surface area contributed by atoms with Gasteiger partial charge in [0.1, 0.15) is 49.1 Å². The summed E-state index contributed by atoms with van der Waals surface area (Å²) in [5.74, 6) is -3.33. The maximum atomic E-state index is 13.9. The van der Waals surface area contributed by atoms with Crippen LogP contribution in [0.1, 0.15) is 72.4 Å². The molecule has 1 aromatic rings. The number of H-pyrrole nitrogens is 1. The largest absolute Gasteiger partial charge is 0.394 e. The number of hydrogen-bond acceptors (Lipinski definition) is 18. The number of aliphatic hydroxyl groups excluding tert-OH is 5. The Morgan fingerprint density at radius 2 is 1.65 bits per heavy atom. The molecule has 1 fully saturated rings. The van der Waals surface area contributed by atoms with Gasteiger partial charge >= 0.3 is 0 Å². The molecule has 4 unspecified atom stereocenters. The first-order valence-electron chi connectivity index (χ1n) is 22.0. The van der Waals surface area contributed by atoms with E-state index in [9.17, 15) is 49.2 Å². The molecule has 2 rings (SSSR count). The summed E-state index contributed by atoms with van der Waals surface area (Å²) in [7, 11) is 0. The molecule has 0 aromatic carbocycles. The van der Waals surface area contributed by atoms with E-state index >= 15 is 0 Å². The topological polar surface area (TPSA) is 362 Å². The maximum absolute atomic E-state index is 13.9. The van der Waals surface area contributed by atoms with Crippen molar-refractivity contribution in [2.75, 3.05) is 58.4 Å². The number of aromatic nitrogens is 2. The third-order valence-corrected chi connectivity index (χ3v) is 10.7. The molecule has 24 nitrogen and oxygen atoms in total. The first kappa shape index (κ1) is 57.7. The number of nitrogens with two attached hydrogens (primary N) is 1. The number of aliphatic hydroxyl groups is 5. The summed E-state index contributed by atoms with van der Waals surface area (Å²) in [4.78, 5) is 92.6. The fourth-order valence-corrected chi connectivity index (χ4v) is 6.62. The lowest BCUT2D eigenvalue weighted by molar-refractivity contribution is -0.141. The second-order valence-corrected chi connectivity index (χ2v) is 17.3. The average molecular weight is 961 g/mol. The van der Waals surface area contributed by atoms with Gasteiger partial charge in [0, 0.05) is 37.2 Å². The van der Waals surface area contributed by atoms with Gasteiger partial charge in [-0.3, -0.25) is 28.8 Å². The highest BCUT2D eigenvalue weighted by atomic mass is 32.1. The highest BCUT2D eigenvalue weighted by molar-refractivity contribution is 7.80. The molecule has 0 aliphatic carbocycles. The van der Waals surface area contributed by atoms with E-state index in [-0.39, 0.29) is 75.2 Å². The molecule has 1 saturated heterocycles. The van der Waals surface area contributed by atoms with Gasteiger partial charge in [-0.25, -0.2) is 4.98 Å². The van der Waals surface area contributed by atoms with Crippen LogP contribution in [0.15, 0.2) is 17.7 Å². The number of hydrogen-bond donors (Lipinski definition) is 13. The van der Waals surface area contributed by atoms with E-state index in [4.69, 9.17) is 25.2 Å². The van der Waals surface area contributed by atoms with Gasteiger partial charge in [-0.05, 0) is 52.4 Å². The number of rotatable bonds is 32. The van der Waals surface area contributed by atoms with Crippen LogP contribution in [0.2, 0.25) is 0 Å². The van der Waals surface area contributed by atoms with Gasteiger partial charge in [0.05, 0.1) is 69.7 Å². The van der Waals surface area contributed by atoms with E-state index in [1.54, 1.807) is 0 Å². The van der Waals surface area contributed by atoms with Crippen molar-refractivity contribution >= 4 is 54.3 Å². The predicted octanol–water partition coefficient (Wildman–Crippen LogP) is -4.02. The van der Waals surface area contributed by atoms with E-state index in [0.717, 1.165) is 6.21 Å². The number of nitrogens with one attached hydrogen (secondary N) is 6. The molecule has 9 atom stereocenters. The fraction of sp³-hybridized carbons (Fsp3) is 0.756. The van der Waals surface area contributed by atoms with E-state index < -0.39 is 91.0 Å². The summed E-state index contributed by atoms with van der Waals surface area (Å²) < 4.78 is 11.9. The molecule has 0 saturated carbocycles. The van der Waals surface area contributed by atoms with Crippen LogP contribution in [0.3, 0.4) is 0 Å². The second kappa shape index (κ2) is 30.0. The van der Waals surface area contributed by atoms with Gasteiger partial charge in [-0.15, -0.1) is 0 Å². The second-order valence-electron chi connectivity index (χ2n) is 17.0. The van der Waals surface area contributed by atoms with Crippen molar-refractivity contribution in [1.29, 1.82) is 0 Å². The van der Waals surface area contributed by atoms with Crippen molar-refractivity contribution in [3.8, 4) is 0 Å². The normalized spacial score (nSPS) is 17.8. The van der Waals surface area contributed by atoms with Crippen molar-refractivity contribution in [3.05, 3.63) is 18.2 Å². The molecule has 0 spiro atoms. The monoisotopic (exact) mass is 960 g/mol. The van der Waals surface area contributed by atoms with Gasteiger partial charge in [0.15, 0.2) is 0 Å². The molecule has 376 valence electrons. The van der Waals surface area contributed by atoms with Gasteiger partial charge in [-0.1, -0.05) is 19.0 Å². The van der Waals surface area contributed by atoms with E-state index in [1.807, 2.05) is 34.6 Å². The van der Waals surface area contributed by atoms with E-state index in [1.165, 1.54) is 17.4 Å². The van der Waals surface area contributed by atoms with Crippen LogP contribution in [0.4, 0.5) is 0 Å². The molecule has 1 aromatic heterocycles. The lowest BCUT2D eigenvalue weighted by Crippen LogP contribution is -2.59. The van der Waals surface area contributed by atoms with Gasteiger partial charge < -0.3 is 82.0 Å². The minimum Gasteiger partial charge on any atom is -0.394 e. The smallest absolute Gasteiger partial charge is 0.245 e. The number of amides is 6. The van der Waals surface area contributed by atoms with Crippen LogP contribution >= 0.6 is 12.6 Å². The number of carbonyl (C=O) groups is 6. The standard InChI is InChI=1S/C41H72N10O14S/c1-24(2)15-28(49-40(62)31-7-6-12-51(31)34(56)8-13-63-25(3)21-64-41(4,5)9-10-44-36(58)27(42)22-66)38(60)48-29(16-26-17-43-23-46-26)39(61)50-30(19-52)37(59)45-11-14-65-47-18-32(54)35(57)33(55)20-53/h17-18,23-25,27-33,35,52-55,57,66H,6-16,19-22,42H2,1-5H3,(H,43,46)(H,44,58)(H,45,59)(H,48,60)(H,49,62)(H,50,61)/b47-18+/t25?,27-,28-,29-,30-,31-,32?,33?,35?/m0/s1. The zero-order valence-corrected chi connectivity index (χ0v) is 39.3. The molecule has 0 bridgehead atoms. The van der Waals surface area contributed by atoms with Crippen molar-refractivity contribution < 1.29 is 68.6 Å². The van der Waals surface area contributed by atoms with E-state index in [0.29, 0.717) is 38.0 Å². The number of oxime groups is 1. The van der Waals surface area contributed by atoms with Crippen LogP contribution in [-0.4, -0.2) is 201 Å². The molecule has 13 N–H and O–H groups in total. The summed E-state index contributed by atoms with van der Waals surface area (Å²) >= 11 is 4.03. The SMILES string of the molecule is CC(C)C[C@H](NC(=O)[C@@H]1CCCN1C(=O)CCOC(C)COC(C)(C)CCNC(=O)[C@@H](N)CS)C(=O)N[C@@H](Cc1cnc[nH]1)C(=O)N[C@@H](CO)C(=O)NCCO/N=C/C(O)C(O)C(O)CO. The van der Waals surface area contributed by atoms with Crippen molar-refractivity contribution in [3.63, 3.8) is 0 Å². The number of likely N-dealkylation sites (tertiary alicyclic amines) is 1. The molecular weight excluding hydrogens is 889 g/mol. The highest BCUT2D eigenvalue weighted by Crippen LogP contribution is 2.20. The number of imidazole rings is 1. The third kappa shape index (κ3) is 21.0. The van der Waals surface area contributed by atoms with E-state index in [2.05, 4.69) is 54.3 Å². The van der Waals surface area contributed by atoms with Crippen LogP contribution < -0.4 is 32.3 Å². The Morgan fingerprint density at radius 1 is 0.970 bits per heavy atom.